The van der Waals surface area contributed by atoms with Crippen LogP contribution in [0.3, 0.4) is 0 Å². The Kier molecular flexibility index (Phi) is 7.45. The predicted octanol–water partition coefficient (Wildman–Crippen LogP) is 3.32. The second-order valence-electron chi connectivity index (χ2n) is 7.78. The zero-order valence-corrected chi connectivity index (χ0v) is 17.9. The molecule has 5 nitrogen and oxygen atoms in total. The molecular formula is C23H30N2O3S. The number of piperidine rings is 1. The number of hydrogen-bond acceptors (Lipinski definition) is 3. The normalized spacial score (nSPS) is 17.8. The first kappa shape index (κ1) is 21.5. The van der Waals surface area contributed by atoms with Crippen LogP contribution < -0.4 is 0 Å². The molecule has 0 bridgehead atoms. The van der Waals surface area contributed by atoms with Gasteiger partial charge in [0.2, 0.25) is 15.9 Å². The van der Waals surface area contributed by atoms with E-state index in [2.05, 4.69) is 0 Å². The van der Waals surface area contributed by atoms with Gasteiger partial charge in [0, 0.05) is 26.7 Å². The number of amides is 1. The monoisotopic (exact) mass is 414 g/mol. The van der Waals surface area contributed by atoms with Crippen LogP contribution >= 0.6 is 0 Å². The smallest absolute Gasteiger partial charge is 0.227 e. The van der Waals surface area contributed by atoms with Crippen molar-refractivity contribution < 1.29 is 13.2 Å². The number of sulfonamides is 1. The Balaban J connectivity index is 1.53. The molecule has 2 aromatic carbocycles. The van der Waals surface area contributed by atoms with Crippen molar-refractivity contribution in [2.45, 2.75) is 32.2 Å². The molecule has 156 valence electrons. The summed E-state index contributed by atoms with van der Waals surface area (Å²) in [5, 5.41) is 0. The van der Waals surface area contributed by atoms with Crippen molar-refractivity contribution in [2.75, 3.05) is 25.9 Å². The van der Waals surface area contributed by atoms with Gasteiger partial charge >= 0.3 is 0 Å². The molecule has 1 aliphatic rings. The predicted molar refractivity (Wildman–Crippen MR) is 116 cm³/mol. The SMILES string of the molecule is CN(Cc1ccccc1)C(=O)[C@H]1CCCN(S(=O)(=O)CCCc2ccccc2)C1. The molecule has 0 radical (unpaired) electrons. The first-order valence-corrected chi connectivity index (χ1v) is 11.9. The van der Waals surface area contributed by atoms with Gasteiger partial charge in [0.15, 0.2) is 0 Å². The fourth-order valence-corrected chi connectivity index (χ4v) is 5.46. The molecule has 1 atom stereocenters. The van der Waals surface area contributed by atoms with E-state index in [-0.39, 0.29) is 17.6 Å². The fourth-order valence-electron chi connectivity index (χ4n) is 3.88. The summed E-state index contributed by atoms with van der Waals surface area (Å²) >= 11 is 0. The Hall–Kier alpha value is -2.18. The lowest BCUT2D eigenvalue weighted by atomic mass is 9.98. The molecule has 0 N–H and O–H groups in total. The van der Waals surface area contributed by atoms with E-state index in [1.807, 2.05) is 60.7 Å². The fraction of sp³-hybridized carbons (Fsp3) is 0.435. The Labute approximate surface area is 174 Å². The topological polar surface area (TPSA) is 57.7 Å². The van der Waals surface area contributed by atoms with Gasteiger partial charge in [-0.15, -0.1) is 0 Å². The minimum absolute atomic E-state index is 0.0260. The van der Waals surface area contributed by atoms with Crippen molar-refractivity contribution in [3.05, 3.63) is 71.8 Å². The molecule has 0 aliphatic carbocycles. The third kappa shape index (κ3) is 6.15. The van der Waals surface area contributed by atoms with Crippen LogP contribution in [0.1, 0.15) is 30.4 Å². The molecule has 1 aliphatic heterocycles. The van der Waals surface area contributed by atoms with E-state index in [4.69, 9.17) is 0 Å². The minimum Gasteiger partial charge on any atom is -0.341 e. The molecule has 3 rings (SSSR count). The lowest BCUT2D eigenvalue weighted by molar-refractivity contribution is -0.135. The highest BCUT2D eigenvalue weighted by Crippen LogP contribution is 2.22. The summed E-state index contributed by atoms with van der Waals surface area (Å²) < 4.78 is 27.1. The van der Waals surface area contributed by atoms with Crippen LogP contribution in [-0.2, 0) is 27.8 Å². The second-order valence-corrected chi connectivity index (χ2v) is 9.87. The average molecular weight is 415 g/mol. The molecule has 6 heteroatoms. The average Bonchev–Trinajstić information content (AvgIpc) is 2.74. The van der Waals surface area contributed by atoms with Gasteiger partial charge in [0.05, 0.1) is 11.7 Å². The minimum atomic E-state index is -3.34. The van der Waals surface area contributed by atoms with Crippen molar-refractivity contribution in [1.29, 1.82) is 0 Å². The number of rotatable bonds is 8. The molecule has 1 heterocycles. The zero-order valence-electron chi connectivity index (χ0n) is 17.0. The van der Waals surface area contributed by atoms with Crippen molar-refractivity contribution >= 4 is 15.9 Å². The van der Waals surface area contributed by atoms with Crippen LogP contribution in [-0.4, -0.2) is 49.4 Å². The summed E-state index contributed by atoms with van der Waals surface area (Å²) in [7, 11) is -1.55. The van der Waals surface area contributed by atoms with Crippen LogP contribution in [0.25, 0.3) is 0 Å². The number of nitrogens with zero attached hydrogens (tertiary/aromatic N) is 2. The number of hydrogen-bond donors (Lipinski definition) is 0. The lowest BCUT2D eigenvalue weighted by Gasteiger charge is -2.33. The van der Waals surface area contributed by atoms with E-state index in [0.29, 0.717) is 26.1 Å². The molecular weight excluding hydrogens is 384 g/mol. The highest BCUT2D eigenvalue weighted by atomic mass is 32.2. The quantitative estimate of drug-likeness (QED) is 0.666. The lowest BCUT2D eigenvalue weighted by Crippen LogP contribution is -2.46. The Morgan fingerprint density at radius 2 is 1.66 bits per heavy atom. The maximum Gasteiger partial charge on any atom is 0.227 e. The number of carbonyl (C=O) groups excluding carboxylic acids is 1. The summed E-state index contributed by atoms with van der Waals surface area (Å²) in [6.07, 6.45) is 2.81. The van der Waals surface area contributed by atoms with Crippen LogP contribution in [0.2, 0.25) is 0 Å². The van der Waals surface area contributed by atoms with Gasteiger partial charge in [-0.1, -0.05) is 60.7 Å². The Morgan fingerprint density at radius 1 is 1.03 bits per heavy atom. The summed E-state index contributed by atoms with van der Waals surface area (Å²) in [6, 6.07) is 19.8. The number of carbonyl (C=O) groups is 1. The molecule has 2 aromatic rings. The van der Waals surface area contributed by atoms with Gasteiger partial charge in [0.25, 0.3) is 0 Å². The van der Waals surface area contributed by atoms with Crippen LogP contribution in [0.4, 0.5) is 0 Å². The highest BCUT2D eigenvalue weighted by Gasteiger charge is 2.33. The maximum absolute atomic E-state index is 12.9. The third-order valence-corrected chi connectivity index (χ3v) is 7.40. The van der Waals surface area contributed by atoms with E-state index in [1.165, 1.54) is 4.31 Å². The van der Waals surface area contributed by atoms with Crippen molar-refractivity contribution in [3.63, 3.8) is 0 Å². The third-order valence-electron chi connectivity index (χ3n) is 5.48. The maximum atomic E-state index is 12.9. The van der Waals surface area contributed by atoms with E-state index < -0.39 is 10.0 Å². The van der Waals surface area contributed by atoms with E-state index >= 15 is 0 Å². The van der Waals surface area contributed by atoms with Crippen molar-refractivity contribution in [1.82, 2.24) is 9.21 Å². The first-order chi connectivity index (χ1) is 14.0. The zero-order chi connectivity index (χ0) is 20.7. The Morgan fingerprint density at radius 3 is 2.31 bits per heavy atom. The molecule has 0 spiro atoms. The van der Waals surface area contributed by atoms with E-state index in [0.717, 1.165) is 30.4 Å². The van der Waals surface area contributed by atoms with Gasteiger partial charge < -0.3 is 4.90 Å². The summed E-state index contributed by atoms with van der Waals surface area (Å²) in [5.41, 5.74) is 2.22. The van der Waals surface area contributed by atoms with Crippen molar-refractivity contribution in [3.8, 4) is 0 Å². The molecule has 0 unspecified atom stereocenters. The molecule has 1 amide bonds. The van der Waals surface area contributed by atoms with Crippen LogP contribution in [0, 0.1) is 5.92 Å². The Bertz CT molecular complexity index is 885. The van der Waals surface area contributed by atoms with Gasteiger partial charge in [-0.05, 0) is 36.8 Å². The molecule has 0 saturated carbocycles. The number of aryl methyl sites for hydroxylation is 1. The molecule has 29 heavy (non-hydrogen) atoms. The number of benzene rings is 2. The molecule has 1 fully saturated rings. The standard InChI is InChI=1S/C23H30N2O3S/c1-24(18-21-12-6-3-7-13-21)23(26)22-15-8-16-25(19-22)29(27,28)17-9-14-20-10-4-2-5-11-20/h2-7,10-13,22H,8-9,14-19H2,1H3/t22-/m0/s1. The van der Waals surface area contributed by atoms with E-state index in [9.17, 15) is 13.2 Å². The summed E-state index contributed by atoms with van der Waals surface area (Å²) in [5.74, 6) is -0.109. The van der Waals surface area contributed by atoms with E-state index in [1.54, 1.807) is 11.9 Å². The first-order valence-electron chi connectivity index (χ1n) is 10.3. The molecule has 1 saturated heterocycles. The molecule has 0 aromatic heterocycles. The van der Waals surface area contributed by atoms with Gasteiger partial charge in [-0.3, -0.25) is 4.79 Å². The van der Waals surface area contributed by atoms with Gasteiger partial charge in [0.1, 0.15) is 0 Å². The van der Waals surface area contributed by atoms with Gasteiger partial charge in [-0.2, -0.15) is 0 Å². The second kappa shape index (κ2) is 10.0. The van der Waals surface area contributed by atoms with Crippen molar-refractivity contribution in [2.24, 2.45) is 5.92 Å². The van der Waals surface area contributed by atoms with Gasteiger partial charge in [-0.25, -0.2) is 12.7 Å². The van der Waals surface area contributed by atoms with Crippen LogP contribution in [0.15, 0.2) is 60.7 Å². The summed E-state index contributed by atoms with van der Waals surface area (Å²) in [6.45, 7) is 1.35. The largest absolute Gasteiger partial charge is 0.341 e. The summed E-state index contributed by atoms with van der Waals surface area (Å²) in [4.78, 5) is 14.6. The van der Waals surface area contributed by atoms with Crippen LogP contribution in [0.5, 0.6) is 0 Å². The highest BCUT2D eigenvalue weighted by molar-refractivity contribution is 7.89.